The predicted octanol–water partition coefficient (Wildman–Crippen LogP) is 2.95. The van der Waals surface area contributed by atoms with Crippen LogP contribution in [0.15, 0.2) is 18.2 Å². The molecule has 0 N–H and O–H groups in total. The van der Waals surface area contributed by atoms with Crippen molar-refractivity contribution >= 4 is 35.0 Å². The van der Waals surface area contributed by atoms with E-state index in [1.165, 1.54) is 0 Å². The van der Waals surface area contributed by atoms with E-state index in [2.05, 4.69) is 0 Å². The highest BCUT2D eigenvalue weighted by atomic mass is 35.5. The molecule has 0 atom stereocenters. The summed E-state index contributed by atoms with van der Waals surface area (Å²) < 4.78 is 4.90. The lowest BCUT2D eigenvalue weighted by Gasteiger charge is -2.08. The molecule has 0 saturated heterocycles. The number of carbonyl (C=O) groups excluding carboxylic acids is 2. The lowest BCUT2D eigenvalue weighted by Crippen LogP contribution is -2.09. The molecule has 0 amide bonds. The number of hydrogen-bond acceptors (Lipinski definition) is 3. The normalized spacial score (nSPS) is 10.2. The topological polar surface area (TPSA) is 43.4 Å². The van der Waals surface area contributed by atoms with Crippen molar-refractivity contribution in [2.24, 2.45) is 0 Å². The average molecular weight is 289 g/mol. The summed E-state index contributed by atoms with van der Waals surface area (Å²) in [5.41, 5.74) is 1.97. The molecule has 18 heavy (non-hydrogen) atoms. The minimum Gasteiger partial charge on any atom is -0.462 e. The minimum atomic E-state index is -0.404. The number of ether oxygens (including phenoxy) is 1. The first kappa shape index (κ1) is 15.0. The van der Waals surface area contributed by atoms with Crippen molar-refractivity contribution in [3.63, 3.8) is 0 Å². The number of ketones is 1. The fraction of sp³-hybridized carbons (Fsp3) is 0.385. The van der Waals surface area contributed by atoms with E-state index in [0.29, 0.717) is 12.2 Å². The van der Waals surface area contributed by atoms with Gasteiger partial charge in [0.2, 0.25) is 0 Å². The van der Waals surface area contributed by atoms with Gasteiger partial charge in [0, 0.05) is 12.3 Å². The first-order chi connectivity index (χ1) is 8.62. The Bertz CT molecular complexity index is 444. The van der Waals surface area contributed by atoms with Crippen molar-refractivity contribution in [3.05, 3.63) is 34.9 Å². The molecule has 5 heteroatoms. The van der Waals surface area contributed by atoms with Crippen LogP contribution in [0.5, 0.6) is 0 Å². The van der Waals surface area contributed by atoms with Gasteiger partial charge in [0.05, 0.1) is 18.1 Å². The van der Waals surface area contributed by atoms with Crippen LogP contribution < -0.4 is 0 Å². The Kier molecular flexibility index (Phi) is 6.16. The fourth-order valence-electron chi connectivity index (χ4n) is 1.52. The number of halogens is 2. The molecule has 1 rings (SSSR count). The van der Waals surface area contributed by atoms with Crippen LogP contribution in [-0.4, -0.2) is 24.2 Å². The zero-order valence-corrected chi connectivity index (χ0v) is 11.6. The maximum absolute atomic E-state index is 11.6. The molecule has 0 spiro atoms. The molecular weight excluding hydrogens is 275 g/mol. The molecule has 0 aromatic heterocycles. The predicted molar refractivity (Wildman–Crippen MR) is 71.4 cm³/mol. The summed E-state index contributed by atoms with van der Waals surface area (Å²) in [5.74, 6) is -0.276. The molecule has 1 aromatic carbocycles. The summed E-state index contributed by atoms with van der Waals surface area (Å²) >= 11 is 11.3. The smallest absolute Gasteiger partial charge is 0.338 e. The van der Waals surface area contributed by atoms with Crippen molar-refractivity contribution in [1.82, 2.24) is 0 Å². The highest BCUT2D eigenvalue weighted by Gasteiger charge is 2.12. The summed E-state index contributed by atoms with van der Waals surface area (Å²) in [4.78, 5) is 23.0. The molecule has 0 aliphatic rings. The fourth-order valence-corrected chi connectivity index (χ4v) is 1.88. The second-order valence-corrected chi connectivity index (χ2v) is 4.22. The van der Waals surface area contributed by atoms with E-state index >= 15 is 0 Å². The van der Waals surface area contributed by atoms with Crippen LogP contribution in [0.25, 0.3) is 0 Å². The van der Waals surface area contributed by atoms with Crippen LogP contribution >= 0.6 is 23.2 Å². The minimum absolute atomic E-state index is 0.0502. The van der Waals surface area contributed by atoms with E-state index in [0.717, 1.165) is 11.1 Å². The van der Waals surface area contributed by atoms with E-state index in [9.17, 15) is 9.59 Å². The third-order valence-corrected chi connectivity index (χ3v) is 2.98. The number of alkyl halides is 2. The first-order valence-electron chi connectivity index (χ1n) is 5.54. The molecule has 0 heterocycles. The van der Waals surface area contributed by atoms with Gasteiger partial charge in [-0.25, -0.2) is 4.79 Å². The summed E-state index contributed by atoms with van der Waals surface area (Å²) in [7, 11) is 0. The maximum atomic E-state index is 11.6. The molecule has 0 radical (unpaired) electrons. The van der Waals surface area contributed by atoms with E-state index in [4.69, 9.17) is 27.9 Å². The molecule has 1 aromatic rings. The van der Waals surface area contributed by atoms with Crippen molar-refractivity contribution in [2.45, 2.75) is 19.2 Å². The quantitative estimate of drug-likeness (QED) is 0.597. The van der Waals surface area contributed by atoms with Gasteiger partial charge < -0.3 is 4.74 Å². The second-order valence-electron chi connectivity index (χ2n) is 3.69. The van der Waals surface area contributed by atoms with Crippen molar-refractivity contribution in [2.75, 3.05) is 12.5 Å². The number of carbonyl (C=O) groups is 2. The van der Waals surface area contributed by atoms with Gasteiger partial charge >= 0.3 is 5.97 Å². The number of rotatable bonds is 6. The van der Waals surface area contributed by atoms with Gasteiger partial charge in [0.25, 0.3) is 0 Å². The zero-order valence-electron chi connectivity index (χ0n) is 10.0. The van der Waals surface area contributed by atoms with Gasteiger partial charge in [-0.05, 0) is 30.2 Å². The highest BCUT2D eigenvalue weighted by molar-refractivity contribution is 6.27. The Hall–Kier alpha value is -1.06. The Labute approximate surface area is 116 Å². The summed E-state index contributed by atoms with van der Waals surface area (Å²) in [6, 6.07) is 5.01. The van der Waals surface area contributed by atoms with Gasteiger partial charge in [-0.2, -0.15) is 0 Å². The van der Waals surface area contributed by atoms with Crippen molar-refractivity contribution in [3.8, 4) is 0 Å². The molecule has 0 fully saturated rings. The summed E-state index contributed by atoms with van der Waals surface area (Å²) in [5, 5.41) is 0. The molecule has 0 aliphatic heterocycles. The lowest BCUT2D eigenvalue weighted by atomic mass is 10.0. The molecule has 0 bridgehead atoms. The van der Waals surface area contributed by atoms with Crippen LogP contribution in [0.2, 0.25) is 0 Å². The van der Waals surface area contributed by atoms with Crippen LogP contribution in [-0.2, 0) is 21.8 Å². The van der Waals surface area contributed by atoms with Gasteiger partial charge in [0.15, 0.2) is 5.78 Å². The number of Topliss-reactive ketones (excluding diaryl/α,β-unsaturated/α-hetero) is 1. The molecular formula is C13H14Cl2O3. The largest absolute Gasteiger partial charge is 0.462 e. The van der Waals surface area contributed by atoms with E-state index < -0.39 is 5.97 Å². The Morgan fingerprint density at radius 2 is 1.94 bits per heavy atom. The first-order valence-corrected chi connectivity index (χ1v) is 6.61. The monoisotopic (exact) mass is 288 g/mol. The van der Waals surface area contributed by atoms with Crippen LogP contribution in [0.1, 0.15) is 28.4 Å². The second kappa shape index (κ2) is 7.39. The number of benzene rings is 1. The van der Waals surface area contributed by atoms with Gasteiger partial charge in [-0.3, -0.25) is 4.79 Å². The molecule has 98 valence electrons. The van der Waals surface area contributed by atoms with E-state index in [1.807, 2.05) is 0 Å². The summed E-state index contributed by atoms with van der Waals surface area (Å²) in [6.07, 6.45) is 0.179. The molecule has 3 nitrogen and oxygen atoms in total. The maximum Gasteiger partial charge on any atom is 0.338 e. The SMILES string of the molecule is CCOC(=O)c1ccc(CCl)c(CC(=O)CCl)c1. The average Bonchev–Trinajstić information content (AvgIpc) is 2.38. The van der Waals surface area contributed by atoms with Gasteiger partial charge in [0.1, 0.15) is 0 Å². The highest BCUT2D eigenvalue weighted by Crippen LogP contribution is 2.16. The zero-order chi connectivity index (χ0) is 13.5. The Balaban J connectivity index is 3.01. The molecule has 0 unspecified atom stereocenters. The van der Waals surface area contributed by atoms with E-state index in [1.54, 1.807) is 25.1 Å². The van der Waals surface area contributed by atoms with E-state index in [-0.39, 0.29) is 24.0 Å². The van der Waals surface area contributed by atoms with Crippen molar-refractivity contribution in [1.29, 1.82) is 0 Å². The summed E-state index contributed by atoms with van der Waals surface area (Å²) in [6.45, 7) is 2.05. The van der Waals surface area contributed by atoms with Gasteiger partial charge in [-0.1, -0.05) is 6.07 Å². The standard InChI is InChI=1S/C13H14Cl2O3/c1-2-18-13(17)9-3-4-10(7-14)11(5-9)6-12(16)8-15/h3-5H,2,6-8H2,1H3. The lowest BCUT2D eigenvalue weighted by molar-refractivity contribution is -0.116. The Morgan fingerprint density at radius 3 is 2.50 bits per heavy atom. The number of esters is 1. The van der Waals surface area contributed by atoms with Crippen LogP contribution in [0.3, 0.4) is 0 Å². The third kappa shape index (κ3) is 4.00. The number of hydrogen-bond donors (Lipinski definition) is 0. The molecule has 0 saturated carbocycles. The van der Waals surface area contributed by atoms with Crippen LogP contribution in [0.4, 0.5) is 0 Å². The van der Waals surface area contributed by atoms with Gasteiger partial charge in [-0.15, -0.1) is 23.2 Å². The third-order valence-electron chi connectivity index (χ3n) is 2.40. The Morgan fingerprint density at radius 1 is 1.22 bits per heavy atom. The van der Waals surface area contributed by atoms with Crippen molar-refractivity contribution < 1.29 is 14.3 Å². The van der Waals surface area contributed by atoms with Crippen LogP contribution in [0, 0.1) is 0 Å². The molecule has 0 aliphatic carbocycles.